The van der Waals surface area contributed by atoms with E-state index < -0.39 is 0 Å². The summed E-state index contributed by atoms with van der Waals surface area (Å²) in [4.78, 5) is 17.3. The van der Waals surface area contributed by atoms with Gasteiger partial charge in [0.25, 0.3) is 0 Å². The number of benzene rings is 2. The van der Waals surface area contributed by atoms with Crippen molar-refractivity contribution < 1.29 is 9.90 Å². The molecular weight excluding hydrogens is 372 g/mol. The summed E-state index contributed by atoms with van der Waals surface area (Å²) < 4.78 is 0. The molecule has 1 saturated heterocycles. The molecule has 28 heavy (non-hydrogen) atoms. The Kier molecular flexibility index (Phi) is 6.84. The third kappa shape index (κ3) is 5.43. The minimum Gasteiger partial charge on any atom is -0.506 e. The van der Waals surface area contributed by atoms with Gasteiger partial charge in [-0.2, -0.15) is 0 Å². The number of para-hydroxylation sites is 1. The molecule has 0 aliphatic carbocycles. The Labute approximate surface area is 170 Å². The Morgan fingerprint density at radius 1 is 1.11 bits per heavy atom. The van der Waals surface area contributed by atoms with E-state index in [0.29, 0.717) is 17.7 Å². The lowest BCUT2D eigenvalue weighted by atomic mass is 10.1. The van der Waals surface area contributed by atoms with Crippen LogP contribution in [-0.2, 0) is 0 Å². The predicted octanol–water partition coefficient (Wildman–Crippen LogP) is 2.83. The van der Waals surface area contributed by atoms with Gasteiger partial charge in [0, 0.05) is 43.9 Å². The number of carbonyl (C=O) groups excluding carboxylic acids is 1. The number of hydrogen-bond acceptors (Lipinski definition) is 5. The van der Waals surface area contributed by atoms with Crippen molar-refractivity contribution in [1.82, 2.24) is 4.90 Å². The van der Waals surface area contributed by atoms with Gasteiger partial charge in [-0.25, -0.2) is 0 Å². The lowest BCUT2D eigenvalue weighted by Crippen LogP contribution is -2.46. The zero-order chi connectivity index (χ0) is 19.9. The standard InChI is InChI=1S/C21H26N4O2S/c22-21(28)23-18-15-16(8-9-20(18)27)19(26)7-4-10-24-11-13-25(14-12-24)17-5-2-1-3-6-17/h1-3,5-6,8-9,15,27H,4,7,10-14H2,(H3,22,23,28). The smallest absolute Gasteiger partial charge is 0.168 e. The summed E-state index contributed by atoms with van der Waals surface area (Å²) in [5, 5.41) is 12.6. The highest BCUT2D eigenvalue weighted by Crippen LogP contribution is 2.25. The molecule has 0 bridgehead atoms. The van der Waals surface area contributed by atoms with Crippen molar-refractivity contribution in [1.29, 1.82) is 0 Å². The normalized spacial score (nSPS) is 14.6. The second kappa shape index (κ2) is 9.52. The van der Waals surface area contributed by atoms with Gasteiger partial charge < -0.3 is 21.1 Å². The van der Waals surface area contributed by atoms with Gasteiger partial charge in [0.2, 0.25) is 0 Å². The first-order valence-corrected chi connectivity index (χ1v) is 9.89. The fraction of sp³-hybridized carbons (Fsp3) is 0.333. The molecule has 1 aliphatic heterocycles. The van der Waals surface area contributed by atoms with Crippen molar-refractivity contribution in [3.05, 3.63) is 54.1 Å². The van der Waals surface area contributed by atoms with E-state index >= 15 is 0 Å². The van der Waals surface area contributed by atoms with E-state index in [1.165, 1.54) is 11.8 Å². The molecule has 3 rings (SSSR count). The molecule has 0 unspecified atom stereocenters. The molecule has 7 heteroatoms. The highest BCUT2D eigenvalue weighted by atomic mass is 32.1. The lowest BCUT2D eigenvalue weighted by Gasteiger charge is -2.36. The average molecular weight is 399 g/mol. The zero-order valence-corrected chi connectivity index (χ0v) is 16.6. The number of Topliss-reactive ketones (excluding diaryl/α,β-unsaturated/α-hetero) is 1. The number of nitrogens with zero attached hydrogens (tertiary/aromatic N) is 2. The van der Waals surface area contributed by atoms with Crippen molar-refractivity contribution in [3.8, 4) is 5.75 Å². The average Bonchev–Trinajstić information content (AvgIpc) is 2.70. The first-order valence-electron chi connectivity index (χ1n) is 9.48. The Morgan fingerprint density at radius 3 is 2.50 bits per heavy atom. The van der Waals surface area contributed by atoms with Gasteiger partial charge in [0.15, 0.2) is 10.9 Å². The van der Waals surface area contributed by atoms with Crippen molar-refractivity contribution >= 4 is 34.5 Å². The van der Waals surface area contributed by atoms with Crippen LogP contribution in [0.15, 0.2) is 48.5 Å². The number of phenols is 1. The maximum Gasteiger partial charge on any atom is 0.168 e. The second-order valence-corrected chi connectivity index (χ2v) is 7.35. The van der Waals surface area contributed by atoms with Crippen LogP contribution in [0, 0.1) is 0 Å². The molecule has 6 nitrogen and oxygen atoms in total. The second-order valence-electron chi connectivity index (χ2n) is 6.91. The number of nitrogens with two attached hydrogens (primary N) is 1. The molecule has 0 amide bonds. The van der Waals surface area contributed by atoms with Crippen LogP contribution in [0.4, 0.5) is 11.4 Å². The molecule has 0 saturated carbocycles. The van der Waals surface area contributed by atoms with Crippen LogP contribution < -0.4 is 16.0 Å². The number of piperazine rings is 1. The third-order valence-electron chi connectivity index (χ3n) is 4.95. The predicted molar refractivity (Wildman–Crippen MR) is 117 cm³/mol. The van der Waals surface area contributed by atoms with Crippen LogP contribution in [0.2, 0.25) is 0 Å². The van der Waals surface area contributed by atoms with Crippen molar-refractivity contribution in [2.24, 2.45) is 5.73 Å². The summed E-state index contributed by atoms with van der Waals surface area (Å²) >= 11 is 4.79. The van der Waals surface area contributed by atoms with Gasteiger partial charge in [-0.05, 0) is 55.5 Å². The van der Waals surface area contributed by atoms with Crippen LogP contribution in [0.1, 0.15) is 23.2 Å². The highest BCUT2D eigenvalue weighted by Gasteiger charge is 2.17. The molecule has 1 heterocycles. The van der Waals surface area contributed by atoms with E-state index in [1.807, 2.05) is 6.07 Å². The Hall–Kier alpha value is -2.64. The molecule has 0 spiro atoms. The Balaban J connectivity index is 1.44. The number of nitrogens with one attached hydrogen (secondary N) is 1. The van der Waals surface area contributed by atoms with Crippen LogP contribution in [0.5, 0.6) is 5.75 Å². The summed E-state index contributed by atoms with van der Waals surface area (Å²) in [7, 11) is 0. The number of aromatic hydroxyl groups is 1. The number of anilines is 2. The summed E-state index contributed by atoms with van der Waals surface area (Å²) in [6.07, 6.45) is 1.28. The third-order valence-corrected chi connectivity index (χ3v) is 5.05. The number of rotatable bonds is 7. The molecule has 148 valence electrons. The molecule has 4 N–H and O–H groups in total. The Bertz CT molecular complexity index is 820. The first-order chi connectivity index (χ1) is 13.5. The van der Waals surface area contributed by atoms with Crippen LogP contribution >= 0.6 is 12.2 Å². The maximum atomic E-state index is 12.5. The van der Waals surface area contributed by atoms with Gasteiger partial charge in [0.1, 0.15) is 5.75 Å². The van der Waals surface area contributed by atoms with Gasteiger partial charge in [-0.3, -0.25) is 9.69 Å². The number of hydrogen-bond donors (Lipinski definition) is 3. The minimum atomic E-state index is 0.0145. The number of ketones is 1. The lowest BCUT2D eigenvalue weighted by molar-refractivity contribution is 0.0974. The van der Waals surface area contributed by atoms with Crippen LogP contribution in [-0.4, -0.2) is 53.6 Å². The van der Waals surface area contributed by atoms with Gasteiger partial charge >= 0.3 is 0 Å². The molecule has 2 aromatic carbocycles. The van der Waals surface area contributed by atoms with Crippen molar-refractivity contribution in [3.63, 3.8) is 0 Å². The Morgan fingerprint density at radius 2 is 1.82 bits per heavy atom. The number of phenolic OH excluding ortho intramolecular Hbond substituents is 1. The molecule has 1 fully saturated rings. The fourth-order valence-electron chi connectivity index (χ4n) is 3.42. The molecule has 2 aromatic rings. The quantitative estimate of drug-likeness (QED) is 0.376. The van der Waals surface area contributed by atoms with E-state index in [1.54, 1.807) is 12.1 Å². The number of carbonyl (C=O) groups is 1. The largest absolute Gasteiger partial charge is 0.506 e. The molecule has 0 atom stereocenters. The van der Waals surface area contributed by atoms with E-state index in [-0.39, 0.29) is 16.6 Å². The number of thiocarbonyl (C=S) groups is 1. The summed E-state index contributed by atoms with van der Waals surface area (Å²) in [5.74, 6) is 0.0644. The van der Waals surface area contributed by atoms with Gasteiger partial charge in [-0.1, -0.05) is 18.2 Å². The fourth-order valence-corrected chi connectivity index (χ4v) is 3.53. The molecule has 0 radical (unpaired) electrons. The topological polar surface area (TPSA) is 81.8 Å². The molecular formula is C21H26N4O2S. The highest BCUT2D eigenvalue weighted by molar-refractivity contribution is 7.80. The zero-order valence-electron chi connectivity index (χ0n) is 15.8. The molecule has 1 aliphatic rings. The van der Waals surface area contributed by atoms with Crippen LogP contribution in [0.25, 0.3) is 0 Å². The van der Waals surface area contributed by atoms with Crippen LogP contribution in [0.3, 0.4) is 0 Å². The van der Waals surface area contributed by atoms with Crippen molar-refractivity contribution in [2.75, 3.05) is 42.9 Å². The molecule has 0 aromatic heterocycles. The minimum absolute atomic E-state index is 0.0145. The summed E-state index contributed by atoms with van der Waals surface area (Å²) in [6, 6.07) is 15.2. The van der Waals surface area contributed by atoms with E-state index in [4.69, 9.17) is 18.0 Å². The maximum absolute atomic E-state index is 12.5. The van der Waals surface area contributed by atoms with Gasteiger partial charge in [-0.15, -0.1) is 0 Å². The van der Waals surface area contributed by atoms with E-state index in [2.05, 4.69) is 39.4 Å². The van der Waals surface area contributed by atoms with Gasteiger partial charge in [0.05, 0.1) is 5.69 Å². The SMILES string of the molecule is NC(=S)Nc1cc(C(=O)CCCN2CCN(c3ccccc3)CC2)ccc1O. The summed E-state index contributed by atoms with van der Waals surface area (Å²) in [5.41, 5.74) is 7.62. The summed E-state index contributed by atoms with van der Waals surface area (Å²) in [6.45, 7) is 4.92. The van der Waals surface area contributed by atoms with E-state index in [0.717, 1.165) is 39.1 Å². The van der Waals surface area contributed by atoms with Crippen molar-refractivity contribution in [2.45, 2.75) is 12.8 Å². The van der Waals surface area contributed by atoms with E-state index in [9.17, 15) is 9.90 Å². The first kappa shape index (κ1) is 20.1. The monoisotopic (exact) mass is 398 g/mol.